The van der Waals surface area contributed by atoms with E-state index >= 15 is 0 Å². The number of benzene rings is 1. The average Bonchev–Trinajstić information content (AvgIpc) is 3.22. The third-order valence-electron chi connectivity index (χ3n) is 5.71. The standard InChI is InChI=1S/C20H22N6O2/c1-11-22-10-18(28-11)12-2-3-13-9-23-19(24-17(13)6-12)25-20(27)26-15-4-5-16(26)8-14(21)7-15/h2-3,6,9-10,14-16H,4-5,7-8,21H2,1H3,(H,23,24,25,27)/t14-,15+,16-. The summed E-state index contributed by atoms with van der Waals surface area (Å²) in [4.78, 5) is 27.7. The molecular formula is C20H22N6O2. The number of anilines is 1. The van der Waals surface area contributed by atoms with E-state index in [4.69, 9.17) is 10.2 Å². The molecule has 2 aromatic heterocycles. The molecule has 8 nitrogen and oxygen atoms in total. The monoisotopic (exact) mass is 378 g/mol. The van der Waals surface area contributed by atoms with Crippen molar-refractivity contribution in [2.24, 2.45) is 5.73 Å². The van der Waals surface area contributed by atoms with Gasteiger partial charge < -0.3 is 15.1 Å². The molecule has 28 heavy (non-hydrogen) atoms. The van der Waals surface area contributed by atoms with Gasteiger partial charge in [0.25, 0.3) is 0 Å². The molecule has 2 fully saturated rings. The molecule has 0 spiro atoms. The maximum Gasteiger partial charge on any atom is 0.324 e. The summed E-state index contributed by atoms with van der Waals surface area (Å²) in [6.07, 6.45) is 7.17. The molecule has 2 aliphatic rings. The first-order chi connectivity index (χ1) is 13.6. The van der Waals surface area contributed by atoms with E-state index in [0.29, 0.717) is 17.6 Å². The Balaban J connectivity index is 1.39. The summed E-state index contributed by atoms with van der Waals surface area (Å²) >= 11 is 0. The van der Waals surface area contributed by atoms with Crippen LogP contribution in [0.2, 0.25) is 0 Å². The third-order valence-corrected chi connectivity index (χ3v) is 5.71. The Hall–Kier alpha value is -3.00. The maximum atomic E-state index is 12.8. The average molecular weight is 378 g/mol. The summed E-state index contributed by atoms with van der Waals surface area (Å²) in [5.41, 5.74) is 7.72. The van der Waals surface area contributed by atoms with Crippen molar-refractivity contribution in [2.75, 3.05) is 5.32 Å². The lowest BCUT2D eigenvalue weighted by Gasteiger charge is -2.37. The molecular weight excluding hydrogens is 356 g/mol. The fourth-order valence-electron chi connectivity index (χ4n) is 4.44. The van der Waals surface area contributed by atoms with Gasteiger partial charge in [-0.2, -0.15) is 0 Å². The Bertz CT molecular complexity index is 1030. The fraction of sp³-hybridized carbons (Fsp3) is 0.400. The van der Waals surface area contributed by atoms with Crippen LogP contribution < -0.4 is 11.1 Å². The minimum Gasteiger partial charge on any atom is -0.441 e. The number of amides is 2. The molecule has 5 rings (SSSR count). The Morgan fingerprint density at radius 1 is 1.21 bits per heavy atom. The molecule has 0 unspecified atom stereocenters. The van der Waals surface area contributed by atoms with Gasteiger partial charge in [-0.1, -0.05) is 12.1 Å². The largest absolute Gasteiger partial charge is 0.441 e. The summed E-state index contributed by atoms with van der Waals surface area (Å²) < 4.78 is 5.59. The number of oxazole rings is 1. The molecule has 1 aromatic carbocycles. The van der Waals surface area contributed by atoms with Crippen molar-refractivity contribution in [2.45, 2.75) is 50.7 Å². The van der Waals surface area contributed by atoms with Gasteiger partial charge in [-0.3, -0.25) is 5.32 Å². The highest BCUT2D eigenvalue weighted by atomic mass is 16.4. The molecule has 3 N–H and O–H groups in total. The number of rotatable bonds is 2. The number of urea groups is 1. The number of aryl methyl sites for hydroxylation is 1. The zero-order valence-electron chi connectivity index (χ0n) is 15.6. The number of carbonyl (C=O) groups excluding carboxylic acids is 1. The number of hydrogen-bond donors (Lipinski definition) is 2. The molecule has 8 heteroatoms. The van der Waals surface area contributed by atoms with Crippen LogP contribution in [-0.4, -0.2) is 44.0 Å². The summed E-state index contributed by atoms with van der Waals surface area (Å²) in [5.74, 6) is 1.60. The Labute approximate surface area is 162 Å². The maximum absolute atomic E-state index is 12.8. The van der Waals surface area contributed by atoms with Crippen LogP contribution in [0.25, 0.3) is 22.2 Å². The normalized spacial score (nSPS) is 23.9. The number of nitrogens with one attached hydrogen (secondary N) is 1. The Morgan fingerprint density at radius 3 is 2.71 bits per heavy atom. The van der Waals surface area contributed by atoms with Crippen molar-refractivity contribution in [3.8, 4) is 11.3 Å². The van der Waals surface area contributed by atoms with Gasteiger partial charge in [0.05, 0.1) is 11.7 Å². The minimum absolute atomic E-state index is 0.138. The summed E-state index contributed by atoms with van der Waals surface area (Å²) in [6, 6.07) is 6.28. The molecule has 2 saturated heterocycles. The van der Waals surface area contributed by atoms with Gasteiger partial charge in [-0.05, 0) is 31.7 Å². The van der Waals surface area contributed by atoms with Gasteiger partial charge in [0, 0.05) is 42.2 Å². The Morgan fingerprint density at radius 2 is 2.00 bits per heavy atom. The number of hydrogen-bond acceptors (Lipinski definition) is 6. The smallest absolute Gasteiger partial charge is 0.324 e. The predicted octanol–water partition coefficient (Wildman–Crippen LogP) is 3.08. The van der Waals surface area contributed by atoms with E-state index in [2.05, 4.69) is 20.3 Å². The zero-order chi connectivity index (χ0) is 19.3. The summed E-state index contributed by atoms with van der Waals surface area (Å²) in [7, 11) is 0. The van der Waals surface area contributed by atoms with Crippen LogP contribution in [0.4, 0.5) is 10.7 Å². The van der Waals surface area contributed by atoms with Gasteiger partial charge in [0.15, 0.2) is 11.7 Å². The molecule has 2 amide bonds. The molecule has 0 saturated carbocycles. The van der Waals surface area contributed by atoms with Gasteiger partial charge in [0.1, 0.15) is 0 Å². The van der Waals surface area contributed by atoms with Crippen LogP contribution in [0.15, 0.2) is 35.0 Å². The lowest BCUT2D eigenvalue weighted by molar-refractivity contribution is 0.150. The van der Waals surface area contributed by atoms with E-state index in [0.717, 1.165) is 42.1 Å². The third kappa shape index (κ3) is 2.99. The van der Waals surface area contributed by atoms with Crippen molar-refractivity contribution < 1.29 is 9.21 Å². The van der Waals surface area contributed by atoms with Crippen LogP contribution in [-0.2, 0) is 0 Å². The predicted molar refractivity (Wildman–Crippen MR) is 105 cm³/mol. The van der Waals surface area contributed by atoms with Gasteiger partial charge >= 0.3 is 6.03 Å². The fourth-order valence-corrected chi connectivity index (χ4v) is 4.44. The van der Waals surface area contributed by atoms with Crippen LogP contribution in [0.3, 0.4) is 0 Å². The molecule has 4 heterocycles. The van der Waals surface area contributed by atoms with E-state index in [-0.39, 0.29) is 24.2 Å². The number of carbonyl (C=O) groups is 1. The number of fused-ring (bicyclic) bond motifs is 3. The lowest BCUT2D eigenvalue weighted by atomic mass is 9.99. The first-order valence-electron chi connectivity index (χ1n) is 9.61. The first-order valence-corrected chi connectivity index (χ1v) is 9.61. The van der Waals surface area contributed by atoms with Gasteiger partial charge in [-0.15, -0.1) is 0 Å². The molecule has 3 aromatic rings. The first kappa shape index (κ1) is 17.1. The lowest BCUT2D eigenvalue weighted by Crippen LogP contribution is -2.51. The molecule has 144 valence electrons. The van der Waals surface area contributed by atoms with Gasteiger partial charge in [0.2, 0.25) is 5.95 Å². The van der Waals surface area contributed by atoms with Gasteiger partial charge in [-0.25, -0.2) is 19.7 Å². The molecule has 2 aliphatic heterocycles. The highest BCUT2D eigenvalue weighted by molar-refractivity contribution is 5.90. The van der Waals surface area contributed by atoms with E-state index in [1.165, 1.54) is 0 Å². The zero-order valence-corrected chi connectivity index (χ0v) is 15.6. The van der Waals surface area contributed by atoms with Crippen LogP contribution in [0.5, 0.6) is 0 Å². The van der Waals surface area contributed by atoms with Crippen LogP contribution >= 0.6 is 0 Å². The van der Waals surface area contributed by atoms with Crippen molar-refractivity contribution in [1.29, 1.82) is 0 Å². The van der Waals surface area contributed by atoms with Crippen molar-refractivity contribution in [3.63, 3.8) is 0 Å². The van der Waals surface area contributed by atoms with E-state index in [1.807, 2.05) is 23.1 Å². The van der Waals surface area contributed by atoms with Crippen LogP contribution in [0, 0.1) is 6.92 Å². The molecule has 3 atom stereocenters. The second-order valence-electron chi connectivity index (χ2n) is 7.66. The minimum atomic E-state index is -0.138. The number of piperidine rings is 1. The topological polar surface area (TPSA) is 110 Å². The number of nitrogens with zero attached hydrogens (tertiary/aromatic N) is 4. The summed E-state index contributed by atoms with van der Waals surface area (Å²) in [5, 5.41) is 3.76. The van der Waals surface area contributed by atoms with E-state index in [9.17, 15) is 4.79 Å². The SMILES string of the molecule is Cc1ncc(-c2ccc3cnc(NC(=O)N4[C@@H]5CC[C@H]4C[C@@H](N)C5)nc3c2)o1. The highest BCUT2D eigenvalue weighted by Gasteiger charge is 2.42. The molecule has 0 aliphatic carbocycles. The van der Waals surface area contributed by atoms with Crippen LogP contribution in [0.1, 0.15) is 31.6 Å². The molecule has 0 radical (unpaired) electrons. The van der Waals surface area contributed by atoms with Crippen molar-refractivity contribution >= 4 is 22.9 Å². The number of nitrogens with two attached hydrogens (primary N) is 1. The van der Waals surface area contributed by atoms with Crippen molar-refractivity contribution in [1.82, 2.24) is 19.9 Å². The van der Waals surface area contributed by atoms with Crippen molar-refractivity contribution in [3.05, 3.63) is 36.5 Å². The second-order valence-corrected chi connectivity index (χ2v) is 7.66. The Kier molecular flexibility index (Phi) is 4.01. The summed E-state index contributed by atoms with van der Waals surface area (Å²) in [6.45, 7) is 1.81. The number of aromatic nitrogens is 3. The molecule has 2 bridgehead atoms. The highest BCUT2D eigenvalue weighted by Crippen LogP contribution is 2.35. The quantitative estimate of drug-likeness (QED) is 0.709. The van der Waals surface area contributed by atoms with E-state index in [1.54, 1.807) is 19.3 Å². The second kappa shape index (κ2) is 6.56. The van der Waals surface area contributed by atoms with E-state index < -0.39 is 0 Å².